The van der Waals surface area contributed by atoms with Crippen LogP contribution in [0, 0.1) is 0 Å². The van der Waals surface area contributed by atoms with E-state index in [2.05, 4.69) is 0 Å². The summed E-state index contributed by atoms with van der Waals surface area (Å²) in [4.78, 5) is 16.3. The van der Waals surface area contributed by atoms with Crippen molar-refractivity contribution in [1.82, 2.24) is 5.06 Å². The first-order valence-electron chi connectivity index (χ1n) is 4.64. The van der Waals surface area contributed by atoms with Gasteiger partial charge in [-0.05, 0) is 25.0 Å². The number of amides is 1. The van der Waals surface area contributed by atoms with E-state index in [1.54, 1.807) is 13.1 Å². The first kappa shape index (κ1) is 9.27. The molecule has 4 heteroatoms. The molecule has 2 rings (SSSR count). The standard InChI is InChI=1S/C10H13NO3/c1-11(13-2)10(12)9-6-5-8(14-9)7-3-4-7/h5-7H,3-4H2,1-2H3. The van der Waals surface area contributed by atoms with Gasteiger partial charge in [0.05, 0.1) is 7.11 Å². The van der Waals surface area contributed by atoms with E-state index < -0.39 is 0 Å². The molecule has 0 N–H and O–H groups in total. The SMILES string of the molecule is CON(C)C(=O)c1ccc(C2CC2)o1. The lowest BCUT2D eigenvalue weighted by molar-refractivity contribution is -0.0774. The van der Waals surface area contributed by atoms with Crippen LogP contribution in [0.15, 0.2) is 16.5 Å². The summed E-state index contributed by atoms with van der Waals surface area (Å²) in [5, 5.41) is 1.15. The molecule has 1 heterocycles. The Balaban J connectivity index is 2.11. The summed E-state index contributed by atoms with van der Waals surface area (Å²) in [5.41, 5.74) is 0. The first-order chi connectivity index (χ1) is 6.72. The number of rotatable bonds is 3. The van der Waals surface area contributed by atoms with Gasteiger partial charge in [-0.2, -0.15) is 0 Å². The molecule has 1 aromatic heterocycles. The van der Waals surface area contributed by atoms with E-state index in [-0.39, 0.29) is 5.91 Å². The number of hydroxylamine groups is 2. The van der Waals surface area contributed by atoms with Crippen LogP contribution in [0.25, 0.3) is 0 Å². The second-order valence-corrected chi connectivity index (χ2v) is 3.46. The number of hydrogen-bond donors (Lipinski definition) is 0. The molecule has 0 unspecified atom stereocenters. The van der Waals surface area contributed by atoms with Crippen LogP contribution in [0.4, 0.5) is 0 Å². The number of carbonyl (C=O) groups is 1. The maximum Gasteiger partial charge on any atom is 0.312 e. The van der Waals surface area contributed by atoms with Crippen LogP contribution < -0.4 is 0 Å². The Morgan fingerprint density at radius 3 is 2.86 bits per heavy atom. The maximum absolute atomic E-state index is 11.5. The normalized spacial score (nSPS) is 15.6. The van der Waals surface area contributed by atoms with Gasteiger partial charge in [-0.25, -0.2) is 5.06 Å². The molecule has 0 aromatic carbocycles. The molecule has 0 spiro atoms. The van der Waals surface area contributed by atoms with Crippen molar-refractivity contribution >= 4 is 5.91 Å². The lowest BCUT2D eigenvalue weighted by Gasteiger charge is -2.10. The van der Waals surface area contributed by atoms with Gasteiger partial charge in [-0.1, -0.05) is 0 Å². The van der Waals surface area contributed by atoms with Crippen molar-refractivity contribution < 1.29 is 14.0 Å². The molecule has 4 nitrogen and oxygen atoms in total. The average Bonchev–Trinajstić information content (AvgIpc) is 2.94. The van der Waals surface area contributed by atoms with Crippen LogP contribution in [0.3, 0.4) is 0 Å². The van der Waals surface area contributed by atoms with E-state index in [1.807, 2.05) is 6.07 Å². The fourth-order valence-corrected chi connectivity index (χ4v) is 1.29. The van der Waals surface area contributed by atoms with Crippen molar-refractivity contribution in [2.24, 2.45) is 0 Å². The molecule has 0 atom stereocenters. The van der Waals surface area contributed by atoms with Gasteiger partial charge in [0.2, 0.25) is 0 Å². The minimum Gasteiger partial charge on any atom is -0.456 e. The summed E-state index contributed by atoms with van der Waals surface area (Å²) in [5.74, 6) is 1.54. The predicted molar refractivity (Wildman–Crippen MR) is 49.8 cm³/mol. The first-order valence-corrected chi connectivity index (χ1v) is 4.64. The Kier molecular flexibility index (Phi) is 2.29. The third-order valence-corrected chi connectivity index (χ3v) is 2.38. The maximum atomic E-state index is 11.5. The topological polar surface area (TPSA) is 42.7 Å². The molecule has 1 aliphatic carbocycles. The monoisotopic (exact) mass is 195 g/mol. The molecular weight excluding hydrogens is 182 g/mol. The Bertz CT molecular complexity index is 341. The molecular formula is C10H13NO3. The second kappa shape index (κ2) is 3.46. The Morgan fingerprint density at radius 1 is 1.57 bits per heavy atom. The van der Waals surface area contributed by atoms with Crippen LogP contribution in [0.5, 0.6) is 0 Å². The molecule has 1 amide bonds. The third-order valence-electron chi connectivity index (χ3n) is 2.38. The van der Waals surface area contributed by atoms with Crippen LogP contribution in [-0.2, 0) is 4.84 Å². The molecule has 0 saturated heterocycles. The Labute approximate surface area is 82.4 Å². The molecule has 1 aromatic rings. The van der Waals surface area contributed by atoms with Gasteiger partial charge in [0.25, 0.3) is 0 Å². The molecule has 14 heavy (non-hydrogen) atoms. The smallest absolute Gasteiger partial charge is 0.312 e. The highest BCUT2D eigenvalue weighted by Gasteiger charge is 2.28. The van der Waals surface area contributed by atoms with Gasteiger partial charge < -0.3 is 4.42 Å². The Morgan fingerprint density at radius 2 is 2.29 bits per heavy atom. The van der Waals surface area contributed by atoms with Crippen molar-refractivity contribution in [2.45, 2.75) is 18.8 Å². The second-order valence-electron chi connectivity index (χ2n) is 3.46. The fraction of sp³-hybridized carbons (Fsp3) is 0.500. The van der Waals surface area contributed by atoms with Crippen LogP contribution in [0.2, 0.25) is 0 Å². The summed E-state index contributed by atoms with van der Waals surface area (Å²) < 4.78 is 5.42. The number of carbonyl (C=O) groups excluding carboxylic acids is 1. The van der Waals surface area contributed by atoms with Crippen LogP contribution >= 0.6 is 0 Å². The minimum atomic E-state index is -0.251. The lowest BCUT2D eigenvalue weighted by atomic mass is 10.3. The van der Waals surface area contributed by atoms with E-state index in [0.29, 0.717) is 11.7 Å². The summed E-state index contributed by atoms with van der Waals surface area (Å²) in [7, 11) is 3.00. The van der Waals surface area contributed by atoms with E-state index in [0.717, 1.165) is 10.8 Å². The zero-order valence-electron chi connectivity index (χ0n) is 8.32. The number of nitrogens with zero attached hydrogens (tertiary/aromatic N) is 1. The van der Waals surface area contributed by atoms with Gasteiger partial charge in [-0.3, -0.25) is 9.63 Å². The molecule has 0 bridgehead atoms. The predicted octanol–water partition coefficient (Wildman–Crippen LogP) is 1.79. The van der Waals surface area contributed by atoms with E-state index >= 15 is 0 Å². The van der Waals surface area contributed by atoms with Gasteiger partial charge in [-0.15, -0.1) is 0 Å². The van der Waals surface area contributed by atoms with Gasteiger partial charge in [0.15, 0.2) is 5.76 Å². The van der Waals surface area contributed by atoms with E-state index in [9.17, 15) is 4.79 Å². The largest absolute Gasteiger partial charge is 0.456 e. The molecule has 0 aliphatic heterocycles. The van der Waals surface area contributed by atoms with E-state index in [1.165, 1.54) is 20.0 Å². The molecule has 1 fully saturated rings. The van der Waals surface area contributed by atoms with Crippen molar-refractivity contribution in [3.05, 3.63) is 23.7 Å². The Hall–Kier alpha value is -1.29. The van der Waals surface area contributed by atoms with Gasteiger partial charge in [0, 0.05) is 13.0 Å². The number of hydrogen-bond acceptors (Lipinski definition) is 3. The van der Waals surface area contributed by atoms with Gasteiger partial charge >= 0.3 is 5.91 Å². The van der Waals surface area contributed by atoms with Crippen molar-refractivity contribution in [3.8, 4) is 0 Å². The molecule has 0 radical (unpaired) electrons. The quantitative estimate of drug-likeness (QED) is 0.690. The van der Waals surface area contributed by atoms with Crippen LogP contribution in [-0.4, -0.2) is 25.1 Å². The molecule has 76 valence electrons. The minimum absolute atomic E-state index is 0.251. The zero-order valence-corrected chi connectivity index (χ0v) is 8.32. The van der Waals surface area contributed by atoms with Crippen molar-refractivity contribution in [1.29, 1.82) is 0 Å². The third kappa shape index (κ3) is 1.65. The lowest BCUT2D eigenvalue weighted by Crippen LogP contribution is -2.24. The highest BCUT2D eigenvalue weighted by Crippen LogP contribution is 2.40. The molecule has 1 saturated carbocycles. The fourth-order valence-electron chi connectivity index (χ4n) is 1.29. The molecule has 1 aliphatic rings. The van der Waals surface area contributed by atoms with Crippen LogP contribution in [0.1, 0.15) is 35.1 Å². The average molecular weight is 195 g/mol. The van der Waals surface area contributed by atoms with E-state index in [4.69, 9.17) is 9.25 Å². The zero-order chi connectivity index (χ0) is 10.1. The summed E-state index contributed by atoms with van der Waals surface area (Å²) in [6.07, 6.45) is 2.34. The summed E-state index contributed by atoms with van der Waals surface area (Å²) in [6, 6.07) is 3.57. The van der Waals surface area contributed by atoms with Crippen molar-refractivity contribution in [2.75, 3.05) is 14.2 Å². The van der Waals surface area contributed by atoms with Gasteiger partial charge in [0.1, 0.15) is 5.76 Å². The summed E-state index contributed by atoms with van der Waals surface area (Å²) >= 11 is 0. The number of furan rings is 1. The highest BCUT2D eigenvalue weighted by atomic mass is 16.7. The highest BCUT2D eigenvalue weighted by molar-refractivity contribution is 5.90. The summed E-state index contributed by atoms with van der Waals surface area (Å²) in [6.45, 7) is 0. The van der Waals surface area contributed by atoms with Crippen molar-refractivity contribution in [3.63, 3.8) is 0 Å².